The summed E-state index contributed by atoms with van der Waals surface area (Å²) in [5, 5.41) is 2.86. The molecule has 2 heterocycles. The van der Waals surface area contributed by atoms with Gasteiger partial charge in [0, 0.05) is 64.2 Å². The minimum Gasteiger partial charge on any atom is -0.356 e. The average Bonchev–Trinajstić information content (AvgIpc) is 2.84. The first kappa shape index (κ1) is 24.7. The van der Waals surface area contributed by atoms with E-state index in [9.17, 15) is 18.0 Å². The summed E-state index contributed by atoms with van der Waals surface area (Å²) < 4.78 is 27.6. The minimum absolute atomic E-state index is 0.113. The maximum absolute atomic E-state index is 13.2. The SMILES string of the molecule is CC(C)N1CCN(C(=O)C2CCCN(S(=O)(=O)c3ccccc3)CCC(=O)NCC2)CC1. The molecule has 2 aliphatic heterocycles. The van der Waals surface area contributed by atoms with Gasteiger partial charge in [0.1, 0.15) is 0 Å². The third kappa shape index (κ3) is 6.30. The Morgan fingerprint density at radius 1 is 1.00 bits per heavy atom. The van der Waals surface area contributed by atoms with Crippen molar-refractivity contribution in [3.05, 3.63) is 30.3 Å². The van der Waals surface area contributed by atoms with Crippen molar-refractivity contribution in [2.45, 2.75) is 50.5 Å². The topological polar surface area (TPSA) is 90.0 Å². The van der Waals surface area contributed by atoms with Crippen molar-refractivity contribution >= 4 is 21.8 Å². The van der Waals surface area contributed by atoms with Crippen LogP contribution >= 0.6 is 0 Å². The Balaban J connectivity index is 1.67. The van der Waals surface area contributed by atoms with Crippen LogP contribution in [0.5, 0.6) is 0 Å². The molecule has 1 aromatic carbocycles. The molecule has 1 atom stereocenters. The third-order valence-electron chi connectivity index (χ3n) is 6.45. The lowest BCUT2D eigenvalue weighted by Gasteiger charge is -2.38. The maximum Gasteiger partial charge on any atom is 0.243 e. The minimum atomic E-state index is -3.69. The summed E-state index contributed by atoms with van der Waals surface area (Å²) in [6.07, 6.45) is 1.89. The van der Waals surface area contributed by atoms with Crippen LogP contribution in [-0.2, 0) is 19.6 Å². The number of amides is 2. The van der Waals surface area contributed by atoms with Gasteiger partial charge in [-0.05, 0) is 45.2 Å². The molecule has 1 aromatic rings. The summed E-state index contributed by atoms with van der Waals surface area (Å²) in [6.45, 7) is 8.38. The van der Waals surface area contributed by atoms with Crippen molar-refractivity contribution in [3.8, 4) is 0 Å². The Bertz CT molecular complexity index is 867. The van der Waals surface area contributed by atoms with E-state index in [2.05, 4.69) is 24.1 Å². The van der Waals surface area contributed by atoms with Crippen molar-refractivity contribution in [3.63, 3.8) is 0 Å². The van der Waals surface area contributed by atoms with E-state index in [1.54, 1.807) is 30.3 Å². The highest BCUT2D eigenvalue weighted by atomic mass is 32.2. The first-order valence-corrected chi connectivity index (χ1v) is 13.1. The van der Waals surface area contributed by atoms with Gasteiger partial charge in [0.05, 0.1) is 4.90 Å². The Kier molecular flexibility index (Phi) is 8.67. The van der Waals surface area contributed by atoms with E-state index in [4.69, 9.17) is 0 Å². The Labute approximate surface area is 192 Å². The van der Waals surface area contributed by atoms with Crippen LogP contribution in [0.4, 0.5) is 0 Å². The molecule has 0 saturated carbocycles. The Hall–Kier alpha value is -1.97. The van der Waals surface area contributed by atoms with E-state index < -0.39 is 10.0 Å². The van der Waals surface area contributed by atoms with Gasteiger partial charge >= 0.3 is 0 Å². The number of hydrogen-bond acceptors (Lipinski definition) is 5. The fourth-order valence-corrected chi connectivity index (χ4v) is 5.92. The second-order valence-electron chi connectivity index (χ2n) is 8.90. The average molecular weight is 465 g/mol. The zero-order valence-electron chi connectivity index (χ0n) is 19.2. The molecule has 1 N–H and O–H groups in total. The van der Waals surface area contributed by atoms with Gasteiger partial charge in [0.15, 0.2) is 0 Å². The van der Waals surface area contributed by atoms with E-state index in [0.717, 1.165) is 13.1 Å². The molecule has 8 nitrogen and oxygen atoms in total. The fraction of sp³-hybridized carbons (Fsp3) is 0.652. The first-order valence-electron chi connectivity index (χ1n) is 11.6. The molecule has 0 spiro atoms. The molecular formula is C23H36N4O4S. The number of hydrogen-bond donors (Lipinski definition) is 1. The van der Waals surface area contributed by atoms with Gasteiger partial charge < -0.3 is 10.2 Å². The number of rotatable bonds is 4. The van der Waals surface area contributed by atoms with Crippen molar-refractivity contribution in [2.24, 2.45) is 5.92 Å². The molecule has 2 aliphatic rings. The molecule has 32 heavy (non-hydrogen) atoms. The van der Waals surface area contributed by atoms with Gasteiger partial charge in [-0.25, -0.2) is 8.42 Å². The number of carbonyl (C=O) groups is 2. The van der Waals surface area contributed by atoms with Crippen molar-refractivity contribution in [1.82, 2.24) is 19.4 Å². The van der Waals surface area contributed by atoms with Gasteiger partial charge in [-0.3, -0.25) is 14.5 Å². The first-order chi connectivity index (χ1) is 15.3. The van der Waals surface area contributed by atoms with E-state index in [1.807, 2.05) is 4.90 Å². The summed E-state index contributed by atoms with van der Waals surface area (Å²) in [5.41, 5.74) is 0. The quantitative estimate of drug-likeness (QED) is 0.730. The van der Waals surface area contributed by atoms with E-state index in [0.29, 0.717) is 51.5 Å². The van der Waals surface area contributed by atoms with Gasteiger partial charge in [0.2, 0.25) is 21.8 Å². The van der Waals surface area contributed by atoms with Crippen LogP contribution in [0.25, 0.3) is 0 Å². The van der Waals surface area contributed by atoms with Gasteiger partial charge in [-0.2, -0.15) is 4.31 Å². The zero-order chi connectivity index (χ0) is 23.1. The van der Waals surface area contributed by atoms with Crippen molar-refractivity contribution in [2.75, 3.05) is 45.8 Å². The number of nitrogens with one attached hydrogen (secondary N) is 1. The second kappa shape index (κ2) is 11.2. The van der Waals surface area contributed by atoms with Crippen LogP contribution in [0, 0.1) is 5.92 Å². The number of piperazine rings is 1. The highest BCUT2D eigenvalue weighted by Crippen LogP contribution is 2.21. The summed E-state index contributed by atoms with van der Waals surface area (Å²) in [7, 11) is -3.69. The van der Waals surface area contributed by atoms with E-state index in [1.165, 1.54) is 4.31 Å². The predicted molar refractivity (Wildman–Crippen MR) is 123 cm³/mol. The van der Waals surface area contributed by atoms with Crippen LogP contribution < -0.4 is 5.32 Å². The smallest absolute Gasteiger partial charge is 0.243 e. The molecule has 178 valence electrons. The van der Waals surface area contributed by atoms with Crippen LogP contribution in [0.3, 0.4) is 0 Å². The lowest BCUT2D eigenvalue weighted by atomic mass is 9.97. The largest absolute Gasteiger partial charge is 0.356 e. The van der Waals surface area contributed by atoms with Gasteiger partial charge in [-0.15, -0.1) is 0 Å². The summed E-state index contributed by atoms with van der Waals surface area (Å²) >= 11 is 0. The third-order valence-corrected chi connectivity index (χ3v) is 8.36. The molecule has 0 radical (unpaired) electrons. The molecule has 0 bridgehead atoms. The molecular weight excluding hydrogens is 428 g/mol. The molecule has 2 saturated heterocycles. The van der Waals surface area contributed by atoms with Crippen LogP contribution in [0.1, 0.15) is 39.5 Å². The normalized spacial score (nSPS) is 22.9. The highest BCUT2D eigenvalue weighted by Gasteiger charge is 2.30. The van der Waals surface area contributed by atoms with E-state index in [-0.39, 0.29) is 35.6 Å². The van der Waals surface area contributed by atoms with Crippen LogP contribution in [0.2, 0.25) is 0 Å². The molecule has 3 rings (SSSR count). The molecule has 2 fully saturated rings. The number of benzene rings is 1. The standard InChI is InChI=1S/C23H36N4O4S/c1-19(2)25-15-17-26(18-16-25)23(29)20-7-6-13-27(14-11-22(28)24-12-10-20)32(30,31)21-8-4-3-5-9-21/h3-5,8-9,19-20H,6-7,10-18H2,1-2H3,(H,24,28). The molecule has 1 unspecified atom stereocenters. The number of sulfonamides is 1. The summed E-state index contributed by atoms with van der Waals surface area (Å²) in [4.78, 5) is 30.0. The Morgan fingerprint density at radius 3 is 2.34 bits per heavy atom. The molecule has 9 heteroatoms. The lowest BCUT2D eigenvalue weighted by molar-refractivity contribution is -0.138. The number of nitrogens with zero attached hydrogens (tertiary/aromatic N) is 3. The number of carbonyl (C=O) groups excluding carboxylic acids is 2. The molecule has 2 amide bonds. The summed E-state index contributed by atoms with van der Waals surface area (Å²) in [5.74, 6) is -0.267. The van der Waals surface area contributed by atoms with Crippen LogP contribution in [-0.4, -0.2) is 86.2 Å². The van der Waals surface area contributed by atoms with Crippen LogP contribution in [0.15, 0.2) is 35.2 Å². The zero-order valence-corrected chi connectivity index (χ0v) is 20.0. The van der Waals surface area contributed by atoms with Crippen molar-refractivity contribution < 1.29 is 18.0 Å². The maximum atomic E-state index is 13.2. The molecule has 0 aromatic heterocycles. The fourth-order valence-electron chi connectivity index (χ4n) is 4.42. The lowest BCUT2D eigenvalue weighted by Crippen LogP contribution is -2.52. The van der Waals surface area contributed by atoms with Gasteiger partial charge in [0.25, 0.3) is 0 Å². The van der Waals surface area contributed by atoms with Crippen molar-refractivity contribution in [1.29, 1.82) is 0 Å². The van der Waals surface area contributed by atoms with Gasteiger partial charge in [-0.1, -0.05) is 18.2 Å². The second-order valence-corrected chi connectivity index (χ2v) is 10.8. The predicted octanol–water partition coefficient (Wildman–Crippen LogP) is 1.54. The highest BCUT2D eigenvalue weighted by molar-refractivity contribution is 7.89. The monoisotopic (exact) mass is 464 g/mol. The Morgan fingerprint density at radius 2 is 1.69 bits per heavy atom. The molecule has 0 aliphatic carbocycles. The van der Waals surface area contributed by atoms with E-state index >= 15 is 0 Å². The summed E-state index contributed by atoms with van der Waals surface area (Å²) in [6, 6.07) is 8.78.